The van der Waals surface area contributed by atoms with E-state index in [-0.39, 0.29) is 17.4 Å². The molecule has 0 bridgehead atoms. The first-order valence-electron chi connectivity index (χ1n) is 5.72. The van der Waals surface area contributed by atoms with E-state index in [1.807, 2.05) is 0 Å². The lowest BCUT2D eigenvalue weighted by atomic mass is 10.2. The van der Waals surface area contributed by atoms with Crippen molar-refractivity contribution in [2.24, 2.45) is 5.73 Å². The topological polar surface area (TPSA) is 98.8 Å². The fraction of sp³-hybridized carbons (Fsp3) is 0.231. The Morgan fingerprint density at radius 2 is 2.10 bits per heavy atom. The molecule has 1 amide bonds. The number of carbonyl (C=O) groups is 2. The number of nitrogens with two attached hydrogens (primary N) is 1. The third kappa shape index (κ3) is 4.81. The first-order valence-corrected chi connectivity index (χ1v) is 6.10. The molecule has 0 heterocycles. The molecule has 108 valence electrons. The summed E-state index contributed by atoms with van der Waals surface area (Å²) in [4.78, 5) is 21.2. The van der Waals surface area contributed by atoms with Crippen LogP contribution in [0.25, 0.3) is 6.08 Å². The summed E-state index contributed by atoms with van der Waals surface area (Å²) in [7, 11) is 0. The number of halogens is 1. The molecule has 0 unspecified atom stereocenters. The maximum absolute atomic E-state index is 10.7. The molecule has 0 aromatic heterocycles. The second-order valence-electron chi connectivity index (χ2n) is 3.69. The van der Waals surface area contributed by atoms with Gasteiger partial charge in [0.1, 0.15) is 0 Å². The minimum absolute atomic E-state index is 0.194. The Balaban J connectivity index is 3.10. The zero-order valence-corrected chi connectivity index (χ0v) is 11.5. The number of carbonyl (C=O) groups excluding carboxylic acids is 1. The highest BCUT2D eigenvalue weighted by Crippen LogP contribution is 2.37. The van der Waals surface area contributed by atoms with Gasteiger partial charge in [-0.15, -0.1) is 0 Å². The Morgan fingerprint density at radius 3 is 2.65 bits per heavy atom. The van der Waals surface area contributed by atoms with Gasteiger partial charge in [-0.1, -0.05) is 11.6 Å². The monoisotopic (exact) mass is 299 g/mol. The predicted octanol–water partition coefficient (Wildman–Crippen LogP) is 1.70. The van der Waals surface area contributed by atoms with Gasteiger partial charge in [-0.25, -0.2) is 4.79 Å². The van der Waals surface area contributed by atoms with E-state index in [1.165, 1.54) is 12.1 Å². The van der Waals surface area contributed by atoms with Crippen molar-refractivity contribution in [3.8, 4) is 11.5 Å². The van der Waals surface area contributed by atoms with Gasteiger partial charge in [-0.2, -0.15) is 0 Å². The van der Waals surface area contributed by atoms with E-state index in [4.69, 9.17) is 31.9 Å². The van der Waals surface area contributed by atoms with Crippen LogP contribution in [-0.2, 0) is 9.59 Å². The van der Waals surface area contributed by atoms with Crippen LogP contribution >= 0.6 is 11.6 Å². The average molecular weight is 300 g/mol. The van der Waals surface area contributed by atoms with Gasteiger partial charge in [0, 0.05) is 6.08 Å². The molecular formula is C13H14ClNO5. The Bertz CT molecular complexity index is 542. The molecule has 1 aromatic carbocycles. The van der Waals surface area contributed by atoms with Gasteiger partial charge in [0.25, 0.3) is 5.91 Å². The van der Waals surface area contributed by atoms with Gasteiger partial charge in [-0.05, 0) is 30.7 Å². The van der Waals surface area contributed by atoms with Crippen LogP contribution in [0.4, 0.5) is 0 Å². The number of hydrogen-bond donors (Lipinski definition) is 2. The third-order valence-electron chi connectivity index (χ3n) is 2.11. The molecular weight excluding hydrogens is 286 g/mol. The van der Waals surface area contributed by atoms with E-state index >= 15 is 0 Å². The molecule has 0 atom stereocenters. The number of carboxylic acid groups (broad SMARTS) is 1. The summed E-state index contributed by atoms with van der Waals surface area (Å²) in [6.07, 6.45) is 2.35. The molecule has 1 rings (SSSR count). The Morgan fingerprint density at radius 1 is 1.40 bits per heavy atom. The summed E-state index contributed by atoms with van der Waals surface area (Å²) in [5, 5.41) is 8.79. The molecule has 0 fully saturated rings. The summed E-state index contributed by atoms with van der Waals surface area (Å²) >= 11 is 6.03. The molecule has 0 radical (unpaired) electrons. The second kappa shape index (κ2) is 7.40. The predicted molar refractivity (Wildman–Crippen MR) is 74.0 cm³/mol. The number of rotatable bonds is 7. The van der Waals surface area contributed by atoms with Gasteiger partial charge >= 0.3 is 5.97 Å². The van der Waals surface area contributed by atoms with Crippen molar-refractivity contribution in [2.75, 3.05) is 13.2 Å². The summed E-state index contributed by atoms with van der Waals surface area (Å²) in [5.41, 5.74) is 5.54. The summed E-state index contributed by atoms with van der Waals surface area (Å²) in [6.45, 7) is 1.80. The average Bonchev–Trinajstić information content (AvgIpc) is 2.35. The number of benzene rings is 1. The van der Waals surface area contributed by atoms with Crippen molar-refractivity contribution >= 4 is 29.6 Å². The number of carboxylic acids is 1. The van der Waals surface area contributed by atoms with Crippen molar-refractivity contribution in [2.45, 2.75) is 6.92 Å². The van der Waals surface area contributed by atoms with Gasteiger partial charge in [0.05, 0.1) is 11.6 Å². The van der Waals surface area contributed by atoms with Crippen LogP contribution in [0.2, 0.25) is 5.02 Å². The lowest BCUT2D eigenvalue weighted by Crippen LogP contribution is -2.20. The third-order valence-corrected chi connectivity index (χ3v) is 2.39. The van der Waals surface area contributed by atoms with Crippen LogP contribution in [-0.4, -0.2) is 30.2 Å². The fourth-order valence-corrected chi connectivity index (χ4v) is 1.67. The quantitative estimate of drug-likeness (QED) is 0.747. The number of hydrogen-bond acceptors (Lipinski definition) is 4. The Kier molecular flexibility index (Phi) is 5.86. The molecule has 6 nitrogen and oxygen atoms in total. The lowest BCUT2D eigenvalue weighted by molar-refractivity contribution is -0.131. The first-order chi connectivity index (χ1) is 9.43. The van der Waals surface area contributed by atoms with Crippen molar-refractivity contribution in [1.82, 2.24) is 0 Å². The van der Waals surface area contributed by atoms with E-state index in [2.05, 4.69) is 0 Å². The van der Waals surface area contributed by atoms with E-state index in [0.29, 0.717) is 17.9 Å². The number of amides is 1. The molecule has 7 heteroatoms. The molecule has 0 aliphatic heterocycles. The van der Waals surface area contributed by atoms with Crippen molar-refractivity contribution < 1.29 is 24.2 Å². The van der Waals surface area contributed by atoms with E-state index in [0.717, 1.165) is 6.08 Å². The zero-order valence-electron chi connectivity index (χ0n) is 10.8. The molecule has 0 saturated heterocycles. The molecule has 0 aliphatic rings. The molecule has 1 aromatic rings. The molecule has 0 saturated carbocycles. The molecule has 0 spiro atoms. The molecule has 3 N–H and O–H groups in total. The van der Waals surface area contributed by atoms with Crippen molar-refractivity contribution in [3.05, 3.63) is 28.8 Å². The summed E-state index contributed by atoms with van der Waals surface area (Å²) < 4.78 is 10.5. The largest absolute Gasteiger partial charge is 0.490 e. The van der Waals surface area contributed by atoms with Gasteiger partial charge in [0.15, 0.2) is 18.1 Å². The van der Waals surface area contributed by atoms with Crippen LogP contribution in [0.15, 0.2) is 18.2 Å². The standard InChI is InChI=1S/C13H14ClNO5/c1-2-19-10-6-8(3-4-12(17)18)5-9(14)13(10)20-7-11(15)16/h3-6H,2,7H2,1H3,(H2,15,16)(H,17,18)/b4-3+. The normalized spacial score (nSPS) is 10.5. The van der Waals surface area contributed by atoms with Crippen LogP contribution in [0.5, 0.6) is 11.5 Å². The summed E-state index contributed by atoms with van der Waals surface area (Å²) in [5.74, 6) is -1.21. The minimum atomic E-state index is -1.08. The van der Waals surface area contributed by atoms with Gasteiger partial charge in [-0.3, -0.25) is 4.79 Å². The number of ether oxygens (including phenoxy) is 2. The maximum atomic E-state index is 10.7. The zero-order chi connectivity index (χ0) is 15.1. The van der Waals surface area contributed by atoms with E-state index < -0.39 is 11.9 Å². The Hall–Kier alpha value is -2.21. The van der Waals surface area contributed by atoms with Crippen LogP contribution in [0.3, 0.4) is 0 Å². The lowest BCUT2D eigenvalue weighted by Gasteiger charge is -2.13. The number of primary amides is 1. The molecule has 20 heavy (non-hydrogen) atoms. The second-order valence-corrected chi connectivity index (χ2v) is 4.10. The van der Waals surface area contributed by atoms with Gasteiger partial charge in [0.2, 0.25) is 0 Å². The van der Waals surface area contributed by atoms with E-state index in [9.17, 15) is 9.59 Å². The SMILES string of the molecule is CCOc1cc(/C=C/C(=O)O)cc(Cl)c1OCC(N)=O. The van der Waals surface area contributed by atoms with Crippen LogP contribution in [0, 0.1) is 0 Å². The number of aliphatic carboxylic acids is 1. The highest BCUT2D eigenvalue weighted by molar-refractivity contribution is 6.32. The molecule has 0 aliphatic carbocycles. The van der Waals surface area contributed by atoms with Crippen LogP contribution in [0.1, 0.15) is 12.5 Å². The smallest absolute Gasteiger partial charge is 0.328 e. The van der Waals surface area contributed by atoms with E-state index in [1.54, 1.807) is 13.0 Å². The minimum Gasteiger partial charge on any atom is -0.490 e. The highest BCUT2D eigenvalue weighted by atomic mass is 35.5. The highest BCUT2D eigenvalue weighted by Gasteiger charge is 2.13. The van der Waals surface area contributed by atoms with Gasteiger partial charge < -0.3 is 20.3 Å². The maximum Gasteiger partial charge on any atom is 0.328 e. The van der Waals surface area contributed by atoms with Crippen molar-refractivity contribution in [3.63, 3.8) is 0 Å². The Labute approximate surface area is 120 Å². The van der Waals surface area contributed by atoms with Crippen LogP contribution < -0.4 is 15.2 Å². The fourth-order valence-electron chi connectivity index (χ4n) is 1.40. The first kappa shape index (κ1) is 15.8. The summed E-state index contributed by atoms with van der Waals surface area (Å²) in [6, 6.07) is 3.06. The van der Waals surface area contributed by atoms with Crippen molar-refractivity contribution in [1.29, 1.82) is 0 Å².